The van der Waals surface area contributed by atoms with Crippen molar-refractivity contribution in [3.05, 3.63) is 12.7 Å². The van der Waals surface area contributed by atoms with E-state index in [2.05, 4.69) is 15.4 Å². The van der Waals surface area contributed by atoms with E-state index in [1.807, 2.05) is 0 Å². The summed E-state index contributed by atoms with van der Waals surface area (Å²) in [5.74, 6) is -1.09. The molecule has 0 aromatic carbocycles. The third kappa shape index (κ3) is 4.04. The molecule has 7 heteroatoms. The van der Waals surface area contributed by atoms with E-state index in [0.29, 0.717) is 19.5 Å². The molecule has 110 valence electrons. The van der Waals surface area contributed by atoms with Crippen LogP contribution >= 0.6 is 0 Å². The molecule has 1 aliphatic carbocycles. The monoisotopic (exact) mass is 280 g/mol. The molecule has 0 spiro atoms. The number of aliphatic carboxylic acids is 1. The molecule has 0 saturated heterocycles. The zero-order valence-corrected chi connectivity index (χ0v) is 11.4. The topological polar surface area (TPSA) is 97.1 Å². The second-order valence-electron chi connectivity index (χ2n) is 5.20. The van der Waals surface area contributed by atoms with Crippen LogP contribution in [0.1, 0.15) is 32.1 Å². The lowest BCUT2D eigenvalue weighted by Crippen LogP contribution is -2.37. The van der Waals surface area contributed by atoms with Crippen LogP contribution in [0.25, 0.3) is 0 Å². The number of carbonyl (C=O) groups is 2. The van der Waals surface area contributed by atoms with E-state index in [4.69, 9.17) is 0 Å². The van der Waals surface area contributed by atoms with E-state index >= 15 is 0 Å². The van der Waals surface area contributed by atoms with Gasteiger partial charge in [-0.05, 0) is 18.8 Å². The van der Waals surface area contributed by atoms with Crippen molar-refractivity contribution in [2.45, 2.75) is 38.6 Å². The number of nitrogens with zero attached hydrogens (tertiary/aromatic N) is 3. The van der Waals surface area contributed by atoms with Crippen LogP contribution in [0.15, 0.2) is 12.7 Å². The lowest BCUT2D eigenvalue weighted by atomic mass is 9.79. The van der Waals surface area contributed by atoms with Crippen LogP contribution in [0.5, 0.6) is 0 Å². The van der Waals surface area contributed by atoms with Crippen molar-refractivity contribution in [2.24, 2.45) is 11.8 Å². The highest BCUT2D eigenvalue weighted by atomic mass is 16.4. The Morgan fingerprint density at radius 2 is 2.15 bits per heavy atom. The SMILES string of the molecule is O=C(CCn1cncn1)NCC1CCCCC1C(=O)O. The molecule has 1 aromatic rings. The second kappa shape index (κ2) is 7.02. The summed E-state index contributed by atoms with van der Waals surface area (Å²) in [4.78, 5) is 26.7. The number of carboxylic acids is 1. The van der Waals surface area contributed by atoms with E-state index in [-0.39, 0.29) is 17.7 Å². The maximum atomic E-state index is 11.7. The summed E-state index contributed by atoms with van der Waals surface area (Å²) in [5.41, 5.74) is 0. The highest BCUT2D eigenvalue weighted by Crippen LogP contribution is 2.29. The summed E-state index contributed by atoms with van der Waals surface area (Å²) >= 11 is 0. The fourth-order valence-electron chi connectivity index (χ4n) is 2.67. The molecule has 1 aromatic heterocycles. The predicted molar refractivity (Wildman–Crippen MR) is 70.7 cm³/mol. The molecule has 1 saturated carbocycles. The summed E-state index contributed by atoms with van der Waals surface area (Å²) in [6, 6.07) is 0. The second-order valence-corrected chi connectivity index (χ2v) is 5.20. The number of aromatic nitrogens is 3. The quantitative estimate of drug-likeness (QED) is 0.798. The zero-order chi connectivity index (χ0) is 14.4. The van der Waals surface area contributed by atoms with Gasteiger partial charge in [-0.3, -0.25) is 14.3 Å². The molecule has 7 nitrogen and oxygen atoms in total. The van der Waals surface area contributed by atoms with Gasteiger partial charge in [0, 0.05) is 13.0 Å². The summed E-state index contributed by atoms with van der Waals surface area (Å²) in [7, 11) is 0. The van der Waals surface area contributed by atoms with E-state index in [0.717, 1.165) is 25.7 Å². The van der Waals surface area contributed by atoms with Crippen LogP contribution in [0.2, 0.25) is 0 Å². The first-order valence-corrected chi connectivity index (χ1v) is 6.98. The number of carboxylic acid groups (broad SMARTS) is 1. The number of rotatable bonds is 6. The number of nitrogens with one attached hydrogen (secondary N) is 1. The first-order chi connectivity index (χ1) is 9.66. The molecule has 0 radical (unpaired) electrons. The standard InChI is InChI=1S/C13H20N4O3/c18-12(5-6-17-9-14-8-16-17)15-7-10-3-1-2-4-11(10)13(19)20/h8-11H,1-7H2,(H,15,18)(H,19,20). The largest absolute Gasteiger partial charge is 0.481 e. The third-order valence-corrected chi connectivity index (χ3v) is 3.82. The maximum absolute atomic E-state index is 11.7. The molecule has 1 heterocycles. The predicted octanol–water partition coefficient (Wildman–Crippen LogP) is 0.675. The minimum Gasteiger partial charge on any atom is -0.481 e. The van der Waals surface area contributed by atoms with Crippen molar-refractivity contribution in [3.8, 4) is 0 Å². The van der Waals surface area contributed by atoms with Gasteiger partial charge in [0.2, 0.25) is 5.91 Å². The van der Waals surface area contributed by atoms with Crippen molar-refractivity contribution in [3.63, 3.8) is 0 Å². The van der Waals surface area contributed by atoms with Gasteiger partial charge in [-0.25, -0.2) is 4.98 Å². The molecule has 2 rings (SSSR count). The van der Waals surface area contributed by atoms with E-state index < -0.39 is 5.97 Å². The van der Waals surface area contributed by atoms with E-state index in [1.54, 1.807) is 11.0 Å². The zero-order valence-electron chi connectivity index (χ0n) is 11.4. The van der Waals surface area contributed by atoms with Crippen molar-refractivity contribution >= 4 is 11.9 Å². The van der Waals surface area contributed by atoms with Crippen LogP contribution in [-0.4, -0.2) is 38.3 Å². The molecule has 1 amide bonds. The van der Waals surface area contributed by atoms with Crippen molar-refractivity contribution in [1.29, 1.82) is 0 Å². The Morgan fingerprint density at radius 3 is 2.85 bits per heavy atom. The highest BCUT2D eigenvalue weighted by molar-refractivity contribution is 5.76. The number of hydrogen-bond donors (Lipinski definition) is 2. The number of carbonyl (C=O) groups excluding carboxylic acids is 1. The Morgan fingerprint density at radius 1 is 1.35 bits per heavy atom. The average Bonchev–Trinajstić information content (AvgIpc) is 2.96. The van der Waals surface area contributed by atoms with Crippen molar-refractivity contribution in [1.82, 2.24) is 20.1 Å². The average molecular weight is 280 g/mol. The summed E-state index contributed by atoms with van der Waals surface area (Å²) in [6.07, 6.45) is 6.92. The van der Waals surface area contributed by atoms with Gasteiger partial charge in [0.1, 0.15) is 12.7 Å². The Balaban J connectivity index is 1.72. The van der Waals surface area contributed by atoms with Gasteiger partial charge in [-0.2, -0.15) is 5.10 Å². The van der Waals surface area contributed by atoms with Crippen molar-refractivity contribution < 1.29 is 14.7 Å². The Hall–Kier alpha value is -1.92. The molecule has 1 aliphatic rings. The Bertz CT molecular complexity index is 446. The summed E-state index contributed by atoms with van der Waals surface area (Å²) in [6.45, 7) is 0.937. The smallest absolute Gasteiger partial charge is 0.306 e. The molecule has 0 aliphatic heterocycles. The third-order valence-electron chi connectivity index (χ3n) is 3.82. The molecule has 1 fully saturated rings. The van der Waals surface area contributed by atoms with Gasteiger partial charge in [-0.1, -0.05) is 12.8 Å². The molecule has 0 bridgehead atoms. The fourth-order valence-corrected chi connectivity index (χ4v) is 2.67. The number of hydrogen-bond acceptors (Lipinski definition) is 4. The molecule has 20 heavy (non-hydrogen) atoms. The van der Waals surface area contributed by atoms with Crippen LogP contribution in [0.3, 0.4) is 0 Å². The minimum atomic E-state index is -0.744. The van der Waals surface area contributed by atoms with Crippen molar-refractivity contribution in [2.75, 3.05) is 6.54 Å². The van der Waals surface area contributed by atoms with Gasteiger partial charge in [0.15, 0.2) is 0 Å². The van der Waals surface area contributed by atoms with E-state index in [1.165, 1.54) is 6.33 Å². The van der Waals surface area contributed by atoms with Crippen LogP contribution in [0.4, 0.5) is 0 Å². The van der Waals surface area contributed by atoms with Gasteiger partial charge in [0.25, 0.3) is 0 Å². The molecule has 2 unspecified atom stereocenters. The summed E-state index contributed by atoms with van der Waals surface area (Å²) in [5, 5.41) is 15.9. The molecular weight excluding hydrogens is 260 g/mol. The normalized spacial score (nSPS) is 22.4. The minimum absolute atomic E-state index is 0.0524. The lowest BCUT2D eigenvalue weighted by molar-refractivity contribution is -0.145. The number of amides is 1. The van der Waals surface area contributed by atoms with Gasteiger partial charge in [-0.15, -0.1) is 0 Å². The maximum Gasteiger partial charge on any atom is 0.306 e. The van der Waals surface area contributed by atoms with Gasteiger partial charge < -0.3 is 10.4 Å². The van der Waals surface area contributed by atoms with Crippen LogP contribution in [-0.2, 0) is 16.1 Å². The number of aryl methyl sites for hydroxylation is 1. The molecule has 2 atom stereocenters. The first kappa shape index (κ1) is 14.5. The Kier molecular flexibility index (Phi) is 5.09. The summed E-state index contributed by atoms with van der Waals surface area (Å²) < 4.78 is 1.60. The Labute approximate surface area is 117 Å². The fraction of sp³-hybridized carbons (Fsp3) is 0.692. The van der Waals surface area contributed by atoms with E-state index in [9.17, 15) is 14.7 Å². The van der Waals surface area contributed by atoms with Gasteiger partial charge >= 0.3 is 5.97 Å². The van der Waals surface area contributed by atoms with Gasteiger partial charge in [0.05, 0.1) is 12.5 Å². The lowest BCUT2D eigenvalue weighted by Gasteiger charge is -2.28. The molecule has 2 N–H and O–H groups in total. The highest BCUT2D eigenvalue weighted by Gasteiger charge is 2.30. The first-order valence-electron chi connectivity index (χ1n) is 6.98. The van der Waals surface area contributed by atoms with Crippen LogP contribution < -0.4 is 5.32 Å². The van der Waals surface area contributed by atoms with Crippen LogP contribution in [0, 0.1) is 11.8 Å². The molecular formula is C13H20N4O3.